The molecule has 0 saturated heterocycles. The fourth-order valence-corrected chi connectivity index (χ4v) is 4.84. The molecule has 1 atom stereocenters. The van der Waals surface area contributed by atoms with Gasteiger partial charge < -0.3 is 4.74 Å². The summed E-state index contributed by atoms with van der Waals surface area (Å²) in [5.41, 5.74) is 4.38. The SMILES string of the molecule is COc1ccc(C(/C=C(\NS(=O)(=O)c2ccc(C)cc2)c2ccccc2)c2ccccc2)cc1. The largest absolute Gasteiger partial charge is 0.497 e. The van der Waals surface area contributed by atoms with Crippen molar-refractivity contribution in [2.75, 3.05) is 7.11 Å². The van der Waals surface area contributed by atoms with Crippen LogP contribution in [0.4, 0.5) is 0 Å². The van der Waals surface area contributed by atoms with Gasteiger partial charge in [-0.15, -0.1) is 0 Å². The second kappa shape index (κ2) is 10.4. The van der Waals surface area contributed by atoms with Crippen LogP contribution < -0.4 is 9.46 Å². The molecule has 4 rings (SSSR count). The number of rotatable bonds is 8. The van der Waals surface area contributed by atoms with Gasteiger partial charge in [0, 0.05) is 5.92 Å². The fraction of sp³-hybridized carbons (Fsp3) is 0.103. The zero-order valence-corrected chi connectivity index (χ0v) is 20.0. The van der Waals surface area contributed by atoms with Gasteiger partial charge in [-0.05, 0) is 54.0 Å². The Hall–Kier alpha value is -3.83. The van der Waals surface area contributed by atoms with E-state index in [1.54, 1.807) is 31.4 Å². The summed E-state index contributed by atoms with van der Waals surface area (Å²) in [7, 11) is -2.15. The lowest BCUT2D eigenvalue weighted by atomic mass is 9.89. The molecule has 0 amide bonds. The summed E-state index contributed by atoms with van der Waals surface area (Å²) in [6.45, 7) is 1.93. The van der Waals surface area contributed by atoms with Crippen LogP contribution in [-0.4, -0.2) is 15.5 Å². The zero-order valence-electron chi connectivity index (χ0n) is 19.2. The lowest BCUT2D eigenvalue weighted by molar-refractivity contribution is 0.414. The van der Waals surface area contributed by atoms with Crippen molar-refractivity contribution >= 4 is 15.7 Å². The van der Waals surface area contributed by atoms with Gasteiger partial charge in [-0.2, -0.15) is 0 Å². The molecule has 0 bridgehead atoms. The third kappa shape index (κ3) is 5.56. The molecule has 0 aliphatic carbocycles. The maximum atomic E-state index is 13.3. The number of hydrogen-bond acceptors (Lipinski definition) is 3. The number of aryl methyl sites for hydroxylation is 1. The van der Waals surface area contributed by atoms with Gasteiger partial charge in [0.05, 0.1) is 17.7 Å². The van der Waals surface area contributed by atoms with E-state index in [1.165, 1.54) is 0 Å². The van der Waals surface area contributed by atoms with E-state index in [-0.39, 0.29) is 10.8 Å². The molecule has 4 nitrogen and oxygen atoms in total. The van der Waals surface area contributed by atoms with Crippen molar-refractivity contribution in [3.8, 4) is 5.75 Å². The number of sulfonamides is 1. The van der Waals surface area contributed by atoms with Crippen LogP contribution in [0.5, 0.6) is 5.75 Å². The minimum atomic E-state index is -3.78. The van der Waals surface area contributed by atoms with Crippen LogP contribution in [0, 0.1) is 6.92 Å². The van der Waals surface area contributed by atoms with Crippen molar-refractivity contribution in [1.82, 2.24) is 4.72 Å². The summed E-state index contributed by atoms with van der Waals surface area (Å²) in [5, 5.41) is 0. The van der Waals surface area contributed by atoms with Gasteiger partial charge in [-0.25, -0.2) is 8.42 Å². The monoisotopic (exact) mass is 469 g/mol. The minimum Gasteiger partial charge on any atom is -0.497 e. The van der Waals surface area contributed by atoms with Crippen molar-refractivity contribution < 1.29 is 13.2 Å². The second-order valence-electron chi connectivity index (χ2n) is 8.03. The lowest BCUT2D eigenvalue weighted by Crippen LogP contribution is -2.23. The van der Waals surface area contributed by atoms with Crippen LogP contribution >= 0.6 is 0 Å². The number of nitrogens with one attached hydrogen (secondary N) is 1. The third-order valence-corrected chi connectivity index (χ3v) is 7.01. The first-order valence-electron chi connectivity index (χ1n) is 11.0. The summed E-state index contributed by atoms with van der Waals surface area (Å²) in [4.78, 5) is 0.223. The summed E-state index contributed by atoms with van der Waals surface area (Å²) in [6.07, 6.45) is 1.97. The molecule has 34 heavy (non-hydrogen) atoms. The summed E-state index contributed by atoms with van der Waals surface area (Å²) in [5.74, 6) is 0.589. The van der Waals surface area contributed by atoms with Gasteiger partial charge in [0.2, 0.25) is 0 Å². The first-order valence-corrected chi connectivity index (χ1v) is 12.5. The maximum Gasteiger partial charge on any atom is 0.261 e. The molecule has 0 aromatic heterocycles. The highest BCUT2D eigenvalue weighted by Crippen LogP contribution is 2.31. The summed E-state index contributed by atoms with van der Waals surface area (Å²) >= 11 is 0. The van der Waals surface area contributed by atoms with Crippen LogP contribution in [0.2, 0.25) is 0 Å². The number of hydrogen-bond donors (Lipinski definition) is 1. The van der Waals surface area contributed by atoms with Crippen molar-refractivity contribution in [1.29, 1.82) is 0 Å². The van der Waals surface area contributed by atoms with E-state index in [9.17, 15) is 8.42 Å². The third-order valence-electron chi connectivity index (χ3n) is 5.63. The van der Waals surface area contributed by atoms with Crippen LogP contribution in [0.3, 0.4) is 0 Å². The average Bonchev–Trinajstić information content (AvgIpc) is 2.88. The highest BCUT2D eigenvalue weighted by Gasteiger charge is 2.19. The molecule has 0 saturated carbocycles. The summed E-state index contributed by atoms with van der Waals surface area (Å²) in [6, 6.07) is 34.2. The molecule has 1 N–H and O–H groups in total. The number of ether oxygens (including phenoxy) is 1. The lowest BCUT2D eigenvalue weighted by Gasteiger charge is -2.19. The van der Waals surface area contributed by atoms with Gasteiger partial charge in [0.15, 0.2) is 0 Å². The van der Waals surface area contributed by atoms with E-state index in [0.717, 1.165) is 28.0 Å². The highest BCUT2D eigenvalue weighted by molar-refractivity contribution is 7.89. The molecule has 172 valence electrons. The molecule has 4 aromatic rings. The normalized spacial score (nSPS) is 12.7. The van der Waals surface area contributed by atoms with Crippen molar-refractivity contribution in [2.45, 2.75) is 17.7 Å². The molecule has 0 fully saturated rings. The van der Waals surface area contributed by atoms with Crippen LogP contribution in [0.25, 0.3) is 5.70 Å². The van der Waals surface area contributed by atoms with Gasteiger partial charge in [-0.1, -0.05) is 90.5 Å². The van der Waals surface area contributed by atoms with E-state index in [2.05, 4.69) is 4.72 Å². The Labute approximate surface area is 201 Å². The molecule has 0 spiro atoms. The summed E-state index contributed by atoms with van der Waals surface area (Å²) < 4.78 is 34.8. The average molecular weight is 470 g/mol. The topological polar surface area (TPSA) is 55.4 Å². The number of allylic oxidation sites excluding steroid dienone is 1. The Morgan fingerprint density at radius 3 is 1.91 bits per heavy atom. The van der Waals surface area contributed by atoms with Gasteiger partial charge in [-0.3, -0.25) is 4.72 Å². The Morgan fingerprint density at radius 1 is 0.765 bits per heavy atom. The van der Waals surface area contributed by atoms with Crippen molar-refractivity contribution in [3.63, 3.8) is 0 Å². The quantitative estimate of drug-likeness (QED) is 0.336. The van der Waals surface area contributed by atoms with Gasteiger partial charge >= 0.3 is 0 Å². The molecule has 1 unspecified atom stereocenters. The number of benzene rings is 4. The van der Waals surface area contributed by atoms with Crippen LogP contribution in [0.15, 0.2) is 120 Å². The fourth-order valence-electron chi connectivity index (χ4n) is 3.75. The first-order chi connectivity index (χ1) is 16.5. The smallest absolute Gasteiger partial charge is 0.261 e. The Balaban J connectivity index is 1.82. The molecule has 0 heterocycles. The second-order valence-corrected chi connectivity index (χ2v) is 9.71. The Kier molecular flexibility index (Phi) is 7.14. The first kappa shape index (κ1) is 23.3. The molecule has 4 aromatic carbocycles. The Morgan fingerprint density at radius 2 is 1.32 bits per heavy atom. The van der Waals surface area contributed by atoms with E-state index >= 15 is 0 Å². The standard InChI is InChI=1S/C29H27NO3S/c1-22-13-19-27(20-14-22)34(31,32)30-29(25-11-7-4-8-12-25)21-28(23-9-5-3-6-10-23)24-15-17-26(33-2)18-16-24/h3-21,28,30H,1-2H3/b29-21-. The highest BCUT2D eigenvalue weighted by atomic mass is 32.2. The molecule has 0 radical (unpaired) electrons. The molecule has 0 aliphatic heterocycles. The van der Waals surface area contributed by atoms with Crippen molar-refractivity contribution in [2.24, 2.45) is 0 Å². The van der Waals surface area contributed by atoms with Gasteiger partial charge in [0.25, 0.3) is 10.0 Å². The number of methoxy groups -OCH3 is 1. The molecule has 0 aliphatic rings. The predicted octanol–water partition coefficient (Wildman–Crippen LogP) is 6.16. The molecular weight excluding hydrogens is 442 g/mol. The van der Waals surface area contributed by atoms with Crippen LogP contribution in [0.1, 0.15) is 28.2 Å². The van der Waals surface area contributed by atoms with Crippen molar-refractivity contribution in [3.05, 3.63) is 138 Å². The van der Waals surface area contributed by atoms with Crippen LogP contribution in [-0.2, 0) is 10.0 Å². The van der Waals surface area contributed by atoms with E-state index in [4.69, 9.17) is 4.74 Å². The van der Waals surface area contributed by atoms with E-state index in [0.29, 0.717) is 5.70 Å². The zero-order chi connectivity index (χ0) is 24.0. The molecular formula is C29H27NO3S. The maximum absolute atomic E-state index is 13.3. The van der Waals surface area contributed by atoms with E-state index < -0.39 is 10.0 Å². The molecule has 5 heteroatoms. The minimum absolute atomic E-state index is 0.178. The van der Waals surface area contributed by atoms with Gasteiger partial charge in [0.1, 0.15) is 5.75 Å². The predicted molar refractivity (Wildman–Crippen MR) is 137 cm³/mol. The Bertz CT molecular complexity index is 1350. The van der Waals surface area contributed by atoms with E-state index in [1.807, 2.05) is 97.9 Å².